The molecule has 1 atom stereocenters. The normalized spacial score (nSPS) is 11.6. The van der Waals surface area contributed by atoms with Gasteiger partial charge < -0.3 is 14.2 Å². The lowest BCUT2D eigenvalue weighted by molar-refractivity contribution is -0.127. The zero-order valence-electron chi connectivity index (χ0n) is 18.2. The van der Waals surface area contributed by atoms with Crippen LogP contribution in [0.3, 0.4) is 0 Å². The van der Waals surface area contributed by atoms with Gasteiger partial charge in [0, 0.05) is 5.02 Å². The fourth-order valence-electron chi connectivity index (χ4n) is 2.72. The number of hydrazone groups is 1. The topological polar surface area (TPSA) is 86.2 Å². The summed E-state index contributed by atoms with van der Waals surface area (Å²) in [5.74, 6) is 0.293. The highest BCUT2D eigenvalue weighted by Crippen LogP contribution is 2.29. The van der Waals surface area contributed by atoms with Gasteiger partial charge in [-0.05, 0) is 74.0 Å². The number of nitrogens with one attached hydrogen (secondary N) is 1. The van der Waals surface area contributed by atoms with Crippen LogP contribution < -0.4 is 19.6 Å². The van der Waals surface area contributed by atoms with Crippen LogP contribution in [0.25, 0.3) is 0 Å². The largest absolute Gasteiger partial charge is 0.490 e. The maximum Gasteiger partial charge on any atom is 0.343 e. The lowest BCUT2D eigenvalue weighted by Gasteiger charge is -2.13. The summed E-state index contributed by atoms with van der Waals surface area (Å²) in [5, 5.41) is 4.55. The van der Waals surface area contributed by atoms with Gasteiger partial charge in [-0.2, -0.15) is 5.10 Å². The zero-order chi connectivity index (χ0) is 23.6. The molecule has 0 saturated carbocycles. The molecule has 3 aromatic carbocycles. The molecule has 8 heteroatoms. The molecule has 0 aliphatic heterocycles. The molecule has 0 aliphatic carbocycles. The average Bonchev–Trinajstić information content (AvgIpc) is 2.82. The van der Waals surface area contributed by atoms with Gasteiger partial charge in [-0.1, -0.05) is 29.8 Å². The Morgan fingerprint density at radius 2 is 1.76 bits per heavy atom. The minimum atomic E-state index is -0.762. The van der Waals surface area contributed by atoms with Gasteiger partial charge in [-0.25, -0.2) is 10.2 Å². The van der Waals surface area contributed by atoms with Gasteiger partial charge in [0.15, 0.2) is 17.6 Å². The number of ether oxygens (including phenoxy) is 3. The molecule has 1 unspecified atom stereocenters. The number of esters is 1. The molecule has 0 bridgehead atoms. The van der Waals surface area contributed by atoms with E-state index in [1.807, 2.05) is 13.0 Å². The highest BCUT2D eigenvalue weighted by atomic mass is 35.5. The van der Waals surface area contributed by atoms with E-state index in [2.05, 4.69) is 10.5 Å². The third-order valence-corrected chi connectivity index (χ3v) is 4.62. The van der Waals surface area contributed by atoms with Crippen molar-refractivity contribution in [3.8, 4) is 17.2 Å². The molecular formula is C25H23ClN2O5. The quantitative estimate of drug-likeness (QED) is 0.210. The third-order valence-electron chi connectivity index (χ3n) is 4.36. The first-order chi connectivity index (χ1) is 16.0. The minimum Gasteiger partial charge on any atom is -0.490 e. The third kappa shape index (κ3) is 7.08. The Morgan fingerprint density at radius 3 is 2.45 bits per heavy atom. The van der Waals surface area contributed by atoms with E-state index in [1.54, 1.807) is 73.7 Å². The van der Waals surface area contributed by atoms with Crippen LogP contribution in [0.2, 0.25) is 5.02 Å². The molecule has 0 radical (unpaired) electrons. The smallest absolute Gasteiger partial charge is 0.343 e. The minimum absolute atomic E-state index is 0.289. The van der Waals surface area contributed by atoms with Gasteiger partial charge in [0.25, 0.3) is 5.91 Å². The van der Waals surface area contributed by atoms with E-state index in [9.17, 15) is 9.59 Å². The zero-order valence-corrected chi connectivity index (χ0v) is 18.9. The molecule has 0 spiro atoms. The Hall–Kier alpha value is -3.84. The molecule has 0 saturated heterocycles. The number of halogens is 1. The Kier molecular flexibility index (Phi) is 8.43. The van der Waals surface area contributed by atoms with E-state index in [4.69, 9.17) is 25.8 Å². The van der Waals surface area contributed by atoms with E-state index in [0.29, 0.717) is 34.3 Å². The Balaban J connectivity index is 1.61. The molecule has 1 amide bonds. The van der Waals surface area contributed by atoms with Crippen LogP contribution in [0, 0.1) is 0 Å². The second kappa shape index (κ2) is 11.7. The molecule has 0 aromatic heterocycles. The van der Waals surface area contributed by atoms with Crippen molar-refractivity contribution in [1.82, 2.24) is 5.43 Å². The van der Waals surface area contributed by atoms with Gasteiger partial charge in [-0.3, -0.25) is 4.79 Å². The van der Waals surface area contributed by atoms with E-state index in [1.165, 1.54) is 6.21 Å². The van der Waals surface area contributed by atoms with E-state index >= 15 is 0 Å². The van der Waals surface area contributed by atoms with E-state index < -0.39 is 18.0 Å². The van der Waals surface area contributed by atoms with Gasteiger partial charge in [0.1, 0.15) is 5.75 Å². The number of hydrogen-bond acceptors (Lipinski definition) is 6. The second-order valence-corrected chi connectivity index (χ2v) is 7.28. The summed E-state index contributed by atoms with van der Waals surface area (Å²) in [7, 11) is 0. The van der Waals surface area contributed by atoms with Crippen molar-refractivity contribution in [3.05, 3.63) is 88.9 Å². The highest BCUT2D eigenvalue weighted by Gasteiger charge is 2.15. The number of amides is 1. The first-order valence-electron chi connectivity index (χ1n) is 10.3. The summed E-state index contributed by atoms with van der Waals surface area (Å²) in [5.41, 5.74) is 3.51. The average molecular weight is 467 g/mol. The fourth-order valence-corrected chi connectivity index (χ4v) is 2.85. The number of rotatable bonds is 9. The van der Waals surface area contributed by atoms with Crippen LogP contribution in [0.15, 0.2) is 77.9 Å². The Morgan fingerprint density at radius 1 is 1.03 bits per heavy atom. The van der Waals surface area contributed by atoms with Crippen molar-refractivity contribution in [2.24, 2.45) is 5.10 Å². The van der Waals surface area contributed by atoms with Gasteiger partial charge in [0.2, 0.25) is 0 Å². The molecule has 3 aromatic rings. The van der Waals surface area contributed by atoms with E-state index in [-0.39, 0.29) is 5.75 Å². The van der Waals surface area contributed by atoms with Gasteiger partial charge in [0.05, 0.1) is 18.4 Å². The van der Waals surface area contributed by atoms with Crippen molar-refractivity contribution in [1.29, 1.82) is 0 Å². The first kappa shape index (κ1) is 23.8. The van der Waals surface area contributed by atoms with Crippen LogP contribution in [0.4, 0.5) is 0 Å². The fraction of sp³-hybridized carbons (Fsp3) is 0.160. The molecule has 7 nitrogen and oxygen atoms in total. The van der Waals surface area contributed by atoms with Crippen molar-refractivity contribution < 1.29 is 23.8 Å². The van der Waals surface area contributed by atoms with Crippen LogP contribution in [-0.4, -0.2) is 30.8 Å². The van der Waals surface area contributed by atoms with Crippen LogP contribution >= 0.6 is 11.6 Å². The standard InChI is InChI=1S/C25H23ClN2O5/c1-3-31-23-15-18(9-14-22(23)33-25(30)19-7-5-4-6-8-19)16-27-28-24(29)17(2)32-21-12-10-20(26)11-13-21/h4-17H,3H2,1-2H3,(H,28,29)/b27-16+. The van der Waals surface area contributed by atoms with Crippen molar-refractivity contribution in [3.63, 3.8) is 0 Å². The SMILES string of the molecule is CCOc1cc(/C=N/NC(=O)C(C)Oc2ccc(Cl)cc2)ccc1OC(=O)c1ccccc1. The molecule has 33 heavy (non-hydrogen) atoms. The maximum absolute atomic E-state index is 12.3. The molecule has 170 valence electrons. The number of carbonyl (C=O) groups excluding carboxylic acids is 2. The summed E-state index contributed by atoms with van der Waals surface area (Å²) in [4.78, 5) is 24.6. The number of carbonyl (C=O) groups is 2. The lowest BCUT2D eigenvalue weighted by Crippen LogP contribution is -2.33. The molecule has 0 aliphatic rings. The summed E-state index contributed by atoms with van der Waals surface area (Å²) in [6.45, 7) is 3.82. The number of nitrogens with zero attached hydrogens (tertiary/aromatic N) is 1. The summed E-state index contributed by atoms with van der Waals surface area (Å²) in [6, 6.07) is 20.4. The Labute approximate surface area is 196 Å². The maximum atomic E-state index is 12.3. The van der Waals surface area contributed by atoms with Crippen molar-refractivity contribution >= 4 is 29.7 Å². The molecule has 3 rings (SSSR count). The molecular weight excluding hydrogens is 444 g/mol. The number of benzene rings is 3. The van der Waals surface area contributed by atoms with E-state index in [0.717, 1.165) is 0 Å². The first-order valence-corrected chi connectivity index (χ1v) is 10.6. The van der Waals surface area contributed by atoms with Crippen LogP contribution in [0.1, 0.15) is 29.8 Å². The van der Waals surface area contributed by atoms with Gasteiger partial charge >= 0.3 is 5.97 Å². The summed E-state index contributed by atoms with van der Waals surface area (Å²) >= 11 is 5.84. The predicted molar refractivity (Wildman–Crippen MR) is 126 cm³/mol. The van der Waals surface area contributed by atoms with Crippen LogP contribution in [-0.2, 0) is 4.79 Å². The summed E-state index contributed by atoms with van der Waals surface area (Å²) in [6.07, 6.45) is 0.695. The monoisotopic (exact) mass is 466 g/mol. The highest BCUT2D eigenvalue weighted by molar-refractivity contribution is 6.30. The number of hydrogen-bond donors (Lipinski definition) is 1. The predicted octanol–water partition coefficient (Wildman–Crippen LogP) is 4.88. The summed E-state index contributed by atoms with van der Waals surface area (Å²) < 4.78 is 16.6. The lowest BCUT2D eigenvalue weighted by atomic mass is 10.2. The van der Waals surface area contributed by atoms with Gasteiger partial charge in [-0.15, -0.1) is 0 Å². The molecule has 0 heterocycles. The van der Waals surface area contributed by atoms with Crippen molar-refractivity contribution in [2.45, 2.75) is 20.0 Å². The molecule has 1 N–H and O–H groups in total. The van der Waals surface area contributed by atoms with Crippen LogP contribution in [0.5, 0.6) is 17.2 Å². The van der Waals surface area contributed by atoms with Crippen molar-refractivity contribution in [2.75, 3.05) is 6.61 Å². The second-order valence-electron chi connectivity index (χ2n) is 6.84. The molecule has 0 fully saturated rings. The Bertz CT molecular complexity index is 1120.